The van der Waals surface area contributed by atoms with Gasteiger partial charge in [-0.25, -0.2) is 18.9 Å². The maximum Gasteiger partial charge on any atom is 0.471 e. The fourth-order valence-corrected chi connectivity index (χ4v) is 4.38. The molecule has 2 aliphatic heterocycles. The molecular weight excluding hydrogens is 548 g/mol. The number of morpholine rings is 1. The zero-order valence-corrected chi connectivity index (χ0v) is 22.5. The summed E-state index contributed by atoms with van der Waals surface area (Å²) in [6.07, 6.45) is 0.994. The lowest BCUT2D eigenvalue weighted by Gasteiger charge is -2.37. The molecule has 0 bridgehead atoms. The largest absolute Gasteiger partial charge is 0.474 e. The summed E-state index contributed by atoms with van der Waals surface area (Å²) in [7, 11) is -4.89. The van der Waals surface area contributed by atoms with Crippen molar-refractivity contribution in [3.63, 3.8) is 0 Å². The molecule has 40 heavy (non-hydrogen) atoms. The third-order valence-electron chi connectivity index (χ3n) is 6.07. The number of halogens is 1. The van der Waals surface area contributed by atoms with E-state index in [-0.39, 0.29) is 29.2 Å². The fourth-order valence-electron chi connectivity index (χ4n) is 4.11. The Kier molecular flexibility index (Phi) is 7.57. The van der Waals surface area contributed by atoms with Crippen LogP contribution in [0.1, 0.15) is 13.8 Å². The van der Waals surface area contributed by atoms with Gasteiger partial charge in [0.1, 0.15) is 12.5 Å². The number of benzene rings is 1. The van der Waals surface area contributed by atoms with Gasteiger partial charge < -0.3 is 34.8 Å². The lowest BCUT2D eigenvalue weighted by molar-refractivity contribution is -0.133. The number of pyridine rings is 1. The first-order valence-corrected chi connectivity index (χ1v) is 13.7. The van der Waals surface area contributed by atoms with Crippen LogP contribution in [0.2, 0.25) is 0 Å². The number of phosphoric ester groups is 1. The van der Waals surface area contributed by atoms with Crippen molar-refractivity contribution in [2.75, 3.05) is 53.5 Å². The first-order valence-electron chi connectivity index (χ1n) is 12.2. The Morgan fingerprint density at radius 3 is 2.52 bits per heavy atom. The van der Waals surface area contributed by atoms with Crippen molar-refractivity contribution in [2.24, 2.45) is 0 Å². The number of aromatic nitrogens is 3. The van der Waals surface area contributed by atoms with Gasteiger partial charge in [-0.05, 0) is 50.2 Å². The van der Waals surface area contributed by atoms with E-state index in [1.807, 2.05) is 24.3 Å². The van der Waals surface area contributed by atoms with E-state index >= 15 is 0 Å². The number of phosphoric acid groups is 1. The van der Waals surface area contributed by atoms with Crippen molar-refractivity contribution >= 4 is 48.5 Å². The fraction of sp³-hybridized carbons (Fsp3) is 0.333. The molecule has 4 heterocycles. The van der Waals surface area contributed by atoms with Gasteiger partial charge in [-0.15, -0.1) is 0 Å². The van der Waals surface area contributed by atoms with Crippen LogP contribution in [0.4, 0.5) is 39.2 Å². The first-order chi connectivity index (χ1) is 19.0. The highest BCUT2D eigenvalue weighted by atomic mass is 31.2. The predicted octanol–water partition coefficient (Wildman–Crippen LogP) is 2.91. The van der Waals surface area contributed by atoms with Crippen LogP contribution in [0.25, 0.3) is 0 Å². The molecule has 16 heteroatoms. The molecule has 0 spiro atoms. The van der Waals surface area contributed by atoms with Crippen molar-refractivity contribution in [2.45, 2.75) is 19.4 Å². The molecule has 1 aromatic carbocycles. The van der Waals surface area contributed by atoms with Gasteiger partial charge in [-0.2, -0.15) is 4.98 Å². The molecule has 5 rings (SSSR count). The molecule has 0 unspecified atom stereocenters. The van der Waals surface area contributed by atoms with Crippen LogP contribution in [0, 0.1) is 5.82 Å². The van der Waals surface area contributed by atoms with Crippen molar-refractivity contribution in [3.05, 3.63) is 48.4 Å². The molecule has 3 aromatic rings. The molecule has 1 amide bonds. The average molecular weight is 575 g/mol. The maximum atomic E-state index is 14.6. The van der Waals surface area contributed by atoms with Crippen LogP contribution in [0.15, 0.2) is 42.6 Å². The Hall–Kier alpha value is -3.88. The minimum Gasteiger partial charge on any atom is -0.474 e. The molecule has 0 aliphatic carbocycles. The summed E-state index contributed by atoms with van der Waals surface area (Å²) < 4.78 is 41.5. The summed E-state index contributed by atoms with van der Waals surface area (Å²) in [5.74, 6) is -1.31. The summed E-state index contributed by atoms with van der Waals surface area (Å²) in [6.45, 7) is 5.20. The topological polar surface area (TPSA) is 171 Å². The van der Waals surface area contributed by atoms with Crippen molar-refractivity contribution in [1.82, 2.24) is 15.0 Å². The van der Waals surface area contributed by atoms with Crippen LogP contribution in [-0.4, -0.2) is 69.3 Å². The molecule has 14 nitrogen and oxygen atoms in total. The van der Waals surface area contributed by atoms with Crippen LogP contribution >= 0.6 is 7.82 Å². The zero-order chi connectivity index (χ0) is 28.5. The van der Waals surface area contributed by atoms with Gasteiger partial charge in [0.05, 0.1) is 19.4 Å². The van der Waals surface area contributed by atoms with Crippen LogP contribution in [0.3, 0.4) is 0 Å². The van der Waals surface area contributed by atoms with E-state index in [9.17, 15) is 13.8 Å². The van der Waals surface area contributed by atoms with Crippen molar-refractivity contribution < 1.29 is 37.5 Å². The number of hydrogen-bond acceptors (Lipinski definition) is 11. The quantitative estimate of drug-likeness (QED) is 0.289. The van der Waals surface area contributed by atoms with Gasteiger partial charge >= 0.3 is 7.82 Å². The molecule has 4 N–H and O–H groups in total. The van der Waals surface area contributed by atoms with Crippen molar-refractivity contribution in [1.29, 1.82) is 0 Å². The monoisotopic (exact) mass is 575 g/mol. The van der Waals surface area contributed by atoms with E-state index < -0.39 is 31.9 Å². The second-order valence-electron chi connectivity index (χ2n) is 9.40. The standard InChI is InChI=1S/C24H27FN7O7P/c1-24(2)22(33)32(14-38-40(34,35)36)21-18(39-24)7-8-19(29-21)28-20-17(25)13-26-23(30-20)27-15-3-5-16(6-4-15)31-9-11-37-12-10-31/h3-8,13H,9-12,14H2,1-2H3,(H2,34,35,36)(H2,26,27,28,29,30). The SMILES string of the molecule is CC1(C)Oc2ccc(Nc3nc(Nc4ccc(N5CCOCC5)cc4)ncc3F)nc2N(COP(=O)(O)O)C1=O. The summed E-state index contributed by atoms with van der Waals surface area (Å²) in [5, 5.41) is 5.78. The highest BCUT2D eigenvalue weighted by molar-refractivity contribution is 7.46. The second kappa shape index (κ2) is 10.9. The lowest BCUT2D eigenvalue weighted by Crippen LogP contribution is -2.53. The van der Waals surface area contributed by atoms with Crippen LogP contribution in [0.5, 0.6) is 5.75 Å². The van der Waals surface area contributed by atoms with E-state index in [1.54, 1.807) is 0 Å². The summed E-state index contributed by atoms with van der Waals surface area (Å²) in [4.78, 5) is 46.8. The maximum absolute atomic E-state index is 14.6. The Morgan fingerprint density at radius 1 is 1.10 bits per heavy atom. The normalized spacial score (nSPS) is 16.8. The number of anilines is 6. The summed E-state index contributed by atoms with van der Waals surface area (Å²) >= 11 is 0. The van der Waals surface area contributed by atoms with Crippen LogP contribution < -0.4 is 25.2 Å². The van der Waals surface area contributed by atoms with Crippen LogP contribution in [-0.2, 0) is 18.6 Å². The van der Waals surface area contributed by atoms with E-state index in [0.29, 0.717) is 18.9 Å². The average Bonchev–Trinajstić information content (AvgIpc) is 2.91. The molecule has 1 fully saturated rings. The van der Waals surface area contributed by atoms with Gasteiger partial charge in [0.2, 0.25) is 5.95 Å². The summed E-state index contributed by atoms with van der Waals surface area (Å²) in [5.41, 5.74) is 0.406. The van der Waals surface area contributed by atoms with E-state index in [1.165, 1.54) is 26.0 Å². The van der Waals surface area contributed by atoms with Gasteiger partial charge in [0.25, 0.3) is 5.91 Å². The van der Waals surface area contributed by atoms with Gasteiger partial charge in [-0.3, -0.25) is 14.2 Å². The molecule has 0 radical (unpaired) electrons. The van der Waals surface area contributed by atoms with Gasteiger partial charge in [0, 0.05) is 24.5 Å². The van der Waals surface area contributed by atoms with Gasteiger partial charge in [-0.1, -0.05) is 0 Å². The highest BCUT2D eigenvalue weighted by Gasteiger charge is 2.42. The van der Waals surface area contributed by atoms with Gasteiger partial charge in [0.15, 0.2) is 28.8 Å². The number of carbonyl (C=O) groups excluding carboxylic acids is 1. The molecule has 212 valence electrons. The number of nitrogens with zero attached hydrogens (tertiary/aromatic N) is 5. The predicted molar refractivity (Wildman–Crippen MR) is 142 cm³/mol. The number of ether oxygens (including phenoxy) is 2. The van der Waals surface area contributed by atoms with E-state index in [0.717, 1.165) is 29.9 Å². The Balaban J connectivity index is 1.34. The van der Waals surface area contributed by atoms with Crippen molar-refractivity contribution in [3.8, 4) is 5.75 Å². The highest BCUT2D eigenvalue weighted by Crippen LogP contribution is 2.41. The Labute approximate surface area is 228 Å². The lowest BCUT2D eigenvalue weighted by atomic mass is 10.1. The number of fused-ring (bicyclic) bond motifs is 1. The number of amides is 1. The molecule has 0 saturated carbocycles. The third kappa shape index (κ3) is 6.29. The molecule has 0 atom stereocenters. The van der Waals surface area contributed by atoms with E-state index in [2.05, 4.69) is 35.0 Å². The number of carbonyl (C=O) groups is 1. The smallest absolute Gasteiger partial charge is 0.471 e. The second-order valence-corrected chi connectivity index (χ2v) is 10.6. The zero-order valence-electron chi connectivity index (χ0n) is 21.6. The third-order valence-corrected chi connectivity index (χ3v) is 6.52. The molecule has 2 aromatic heterocycles. The Morgan fingerprint density at radius 2 is 1.82 bits per heavy atom. The number of hydrogen-bond donors (Lipinski definition) is 4. The van der Waals surface area contributed by atoms with E-state index in [4.69, 9.17) is 19.3 Å². The molecule has 1 saturated heterocycles. The number of rotatable bonds is 8. The summed E-state index contributed by atoms with van der Waals surface area (Å²) in [6, 6.07) is 10.6. The minimum absolute atomic E-state index is 0.0732. The minimum atomic E-state index is -4.89. The Bertz CT molecular complexity index is 1450. The molecular formula is C24H27FN7O7P. The molecule has 2 aliphatic rings. The first kappa shape index (κ1) is 27.7. The number of nitrogens with one attached hydrogen (secondary N) is 2.